The van der Waals surface area contributed by atoms with Crippen LogP contribution < -0.4 is 32.0 Å². The van der Waals surface area contributed by atoms with Gasteiger partial charge in [-0.2, -0.15) is 0 Å². The van der Waals surface area contributed by atoms with Gasteiger partial charge in [0, 0.05) is 43.2 Å². The van der Waals surface area contributed by atoms with Gasteiger partial charge in [-0.1, -0.05) is 24.2 Å². The van der Waals surface area contributed by atoms with Gasteiger partial charge in [0.1, 0.15) is 26.3 Å². The Balaban J connectivity index is 1.19. The molecule has 2 fully saturated rings. The quantitative estimate of drug-likeness (QED) is 0.265. The Labute approximate surface area is 237 Å². The summed E-state index contributed by atoms with van der Waals surface area (Å²) in [4.78, 5) is 37.0. The lowest BCUT2D eigenvalue weighted by Crippen LogP contribution is -2.42. The summed E-state index contributed by atoms with van der Waals surface area (Å²) in [6, 6.07) is 3.72. The van der Waals surface area contributed by atoms with E-state index in [0.29, 0.717) is 71.2 Å². The first-order valence-electron chi connectivity index (χ1n) is 13.5. The molecule has 5 N–H and O–H groups in total. The number of hydrogen-bond acceptors (Lipinski definition) is 12. The number of hydrogen-bond donors (Lipinski definition) is 4. The number of nitrogens with one attached hydrogen (secondary N) is 3. The lowest BCUT2D eigenvalue weighted by atomic mass is 9.91. The first-order chi connectivity index (χ1) is 19.5. The number of fused-ring (bicyclic) bond motifs is 2. The van der Waals surface area contributed by atoms with Crippen LogP contribution in [0.3, 0.4) is 0 Å². The van der Waals surface area contributed by atoms with Gasteiger partial charge in [0.2, 0.25) is 5.43 Å². The molecule has 4 aromatic heterocycles. The van der Waals surface area contributed by atoms with Crippen molar-refractivity contribution in [1.29, 1.82) is 0 Å². The van der Waals surface area contributed by atoms with Crippen molar-refractivity contribution in [3.63, 3.8) is 0 Å². The van der Waals surface area contributed by atoms with Crippen LogP contribution in [-0.4, -0.2) is 54.3 Å². The van der Waals surface area contributed by atoms with Gasteiger partial charge in [-0.3, -0.25) is 9.59 Å². The second-order valence-electron chi connectivity index (χ2n) is 10.3. The van der Waals surface area contributed by atoms with Crippen LogP contribution in [0.2, 0.25) is 0 Å². The molecule has 2 aliphatic heterocycles. The Hall–Kier alpha value is -3.52. The Morgan fingerprint density at radius 1 is 1.15 bits per heavy atom. The maximum Gasteiger partial charge on any atom is 0.255 e. The molecule has 11 nitrogen and oxygen atoms in total. The molecule has 13 heteroatoms. The molecule has 208 valence electrons. The molecule has 1 aliphatic carbocycles. The van der Waals surface area contributed by atoms with E-state index >= 15 is 0 Å². The molecule has 1 saturated carbocycles. The third-order valence-corrected chi connectivity index (χ3v) is 9.57. The number of thiazole rings is 1. The SMILES string of the molecule is N[C@@H]1CCCC[C@@H]1Nc1cc2c(c(Nc3cnc(-c4csc5c(=O)cc(N6CCOCC6)oc45)s3)n1)C(=O)NC2. The summed E-state index contributed by atoms with van der Waals surface area (Å²) in [5.74, 6) is 1.57. The van der Waals surface area contributed by atoms with Crippen molar-refractivity contribution >= 4 is 61.4 Å². The van der Waals surface area contributed by atoms with Gasteiger partial charge in [-0.15, -0.1) is 11.3 Å². The summed E-state index contributed by atoms with van der Waals surface area (Å²) >= 11 is 2.77. The molecule has 0 unspecified atom stereocenters. The predicted octanol–water partition coefficient (Wildman–Crippen LogP) is 3.88. The van der Waals surface area contributed by atoms with Crippen LogP contribution in [0, 0.1) is 0 Å². The van der Waals surface area contributed by atoms with Gasteiger partial charge >= 0.3 is 0 Å². The third-order valence-electron chi connectivity index (χ3n) is 7.65. The minimum Gasteiger partial charge on any atom is -0.439 e. The topological polar surface area (TPSA) is 148 Å². The van der Waals surface area contributed by atoms with Gasteiger partial charge in [0.15, 0.2) is 11.5 Å². The summed E-state index contributed by atoms with van der Waals surface area (Å²) < 4.78 is 12.3. The van der Waals surface area contributed by atoms with Crippen molar-refractivity contribution in [2.75, 3.05) is 41.8 Å². The molecule has 0 spiro atoms. The molecule has 0 aromatic carbocycles. The third kappa shape index (κ3) is 4.72. The van der Waals surface area contributed by atoms with Crippen LogP contribution in [-0.2, 0) is 11.3 Å². The highest BCUT2D eigenvalue weighted by atomic mass is 32.1. The van der Waals surface area contributed by atoms with Gasteiger partial charge in [0.25, 0.3) is 5.91 Å². The van der Waals surface area contributed by atoms with Crippen molar-refractivity contribution in [2.24, 2.45) is 5.73 Å². The molecule has 1 saturated heterocycles. The fourth-order valence-electron chi connectivity index (χ4n) is 5.54. The number of thiophene rings is 1. The van der Waals surface area contributed by atoms with E-state index < -0.39 is 0 Å². The highest BCUT2D eigenvalue weighted by Gasteiger charge is 2.28. The number of rotatable bonds is 6. The Morgan fingerprint density at radius 3 is 2.85 bits per heavy atom. The molecular formula is C27H29N7O4S2. The molecule has 7 rings (SSSR count). The molecule has 40 heavy (non-hydrogen) atoms. The van der Waals surface area contributed by atoms with Crippen molar-refractivity contribution < 1.29 is 13.9 Å². The first kappa shape index (κ1) is 25.4. The molecule has 2 atom stereocenters. The van der Waals surface area contributed by atoms with Crippen molar-refractivity contribution in [1.82, 2.24) is 15.3 Å². The highest BCUT2D eigenvalue weighted by molar-refractivity contribution is 7.20. The van der Waals surface area contributed by atoms with Crippen molar-refractivity contribution in [3.8, 4) is 10.6 Å². The number of nitrogens with zero attached hydrogens (tertiary/aromatic N) is 3. The summed E-state index contributed by atoms with van der Waals surface area (Å²) in [6.07, 6.45) is 5.98. The number of nitrogens with two attached hydrogens (primary N) is 1. The van der Waals surface area contributed by atoms with E-state index in [0.717, 1.165) is 41.8 Å². The van der Waals surface area contributed by atoms with E-state index in [2.05, 4.69) is 20.9 Å². The summed E-state index contributed by atoms with van der Waals surface area (Å²) in [5.41, 5.74) is 9.02. The van der Waals surface area contributed by atoms with Gasteiger partial charge in [0.05, 0.1) is 30.5 Å². The van der Waals surface area contributed by atoms with Gasteiger partial charge < -0.3 is 35.7 Å². The monoisotopic (exact) mass is 579 g/mol. The number of carbonyl (C=O) groups is 1. The fourth-order valence-corrected chi connectivity index (χ4v) is 7.33. The van der Waals surface area contributed by atoms with E-state index in [1.807, 2.05) is 16.3 Å². The Morgan fingerprint density at radius 2 is 2.00 bits per heavy atom. The average molecular weight is 580 g/mol. The Kier molecular flexibility index (Phi) is 6.66. The summed E-state index contributed by atoms with van der Waals surface area (Å²) in [5, 5.41) is 13.1. The van der Waals surface area contributed by atoms with E-state index in [-0.39, 0.29) is 23.4 Å². The van der Waals surface area contributed by atoms with E-state index in [9.17, 15) is 9.59 Å². The second-order valence-corrected chi connectivity index (χ2v) is 12.2. The summed E-state index contributed by atoms with van der Waals surface area (Å²) in [6.45, 7) is 2.99. The minimum absolute atomic E-state index is 0.0679. The van der Waals surface area contributed by atoms with Crippen LogP contribution in [0.1, 0.15) is 41.6 Å². The average Bonchev–Trinajstić information content (AvgIpc) is 3.69. The maximum atomic E-state index is 12.9. The van der Waals surface area contributed by atoms with Crippen LogP contribution >= 0.6 is 22.7 Å². The normalized spacial score (nSPS) is 20.9. The number of morpholine rings is 1. The van der Waals surface area contributed by atoms with E-state index in [1.54, 1.807) is 12.3 Å². The van der Waals surface area contributed by atoms with Gasteiger partial charge in [-0.25, -0.2) is 9.97 Å². The Bertz CT molecular complexity index is 1640. The van der Waals surface area contributed by atoms with Crippen molar-refractivity contribution in [2.45, 2.75) is 44.3 Å². The lowest BCUT2D eigenvalue weighted by molar-refractivity contribution is 0.0966. The van der Waals surface area contributed by atoms with Crippen LogP contribution in [0.4, 0.5) is 22.5 Å². The zero-order valence-electron chi connectivity index (χ0n) is 21.7. The van der Waals surface area contributed by atoms with Crippen LogP contribution in [0.25, 0.3) is 20.9 Å². The molecule has 6 heterocycles. The van der Waals surface area contributed by atoms with Crippen LogP contribution in [0.5, 0.6) is 0 Å². The predicted molar refractivity (Wildman–Crippen MR) is 157 cm³/mol. The number of aromatic nitrogens is 2. The fraction of sp³-hybridized carbons (Fsp3) is 0.407. The molecule has 1 amide bonds. The maximum absolute atomic E-state index is 12.9. The first-order valence-corrected chi connectivity index (χ1v) is 15.2. The molecule has 4 aromatic rings. The lowest BCUT2D eigenvalue weighted by Gasteiger charge is -2.30. The molecular weight excluding hydrogens is 550 g/mol. The summed E-state index contributed by atoms with van der Waals surface area (Å²) in [7, 11) is 0. The standard InChI is InChI=1S/C27H29N7O4S2/c28-16-3-1-2-4-17(16)31-19-9-14-11-29-26(36)22(14)25(32-19)33-20-12-30-27(40-20)15-13-39-24-18(35)10-21(38-23(15)24)34-5-7-37-8-6-34/h9-10,12-13,16-17H,1-8,11,28H2,(H,29,36)(H2,31,32,33)/t16-,17+/m1/s1. The number of amides is 1. The smallest absolute Gasteiger partial charge is 0.255 e. The molecule has 0 bridgehead atoms. The zero-order valence-corrected chi connectivity index (χ0v) is 23.3. The van der Waals surface area contributed by atoms with E-state index in [4.69, 9.17) is 19.9 Å². The largest absolute Gasteiger partial charge is 0.439 e. The highest BCUT2D eigenvalue weighted by Crippen LogP contribution is 2.39. The van der Waals surface area contributed by atoms with Gasteiger partial charge in [-0.05, 0) is 24.5 Å². The number of carbonyl (C=O) groups excluding carboxylic acids is 1. The van der Waals surface area contributed by atoms with Crippen molar-refractivity contribution in [3.05, 3.63) is 45.1 Å². The number of ether oxygens (including phenoxy) is 1. The van der Waals surface area contributed by atoms with Crippen LogP contribution in [0.15, 0.2) is 32.9 Å². The zero-order chi connectivity index (χ0) is 27.2. The number of pyridine rings is 1. The second kappa shape index (κ2) is 10.5. The number of anilines is 4. The van der Waals surface area contributed by atoms with E-state index in [1.165, 1.54) is 22.7 Å². The molecule has 0 radical (unpaired) electrons. The minimum atomic E-state index is -0.156. The molecule has 3 aliphatic rings.